The first-order valence-electron chi connectivity index (χ1n) is 11.0. The van der Waals surface area contributed by atoms with Gasteiger partial charge in [0.15, 0.2) is 0 Å². The summed E-state index contributed by atoms with van der Waals surface area (Å²) >= 11 is 0. The quantitative estimate of drug-likeness (QED) is 0.481. The van der Waals surface area contributed by atoms with Crippen molar-refractivity contribution >= 4 is 28.8 Å². The van der Waals surface area contributed by atoms with Crippen molar-refractivity contribution in [1.82, 2.24) is 19.8 Å². The molecule has 8 heteroatoms. The molecule has 0 aliphatic rings. The summed E-state index contributed by atoms with van der Waals surface area (Å²) in [6.45, 7) is 8.01. The Morgan fingerprint density at radius 1 is 1.06 bits per heavy atom. The molecular weight excluding hydrogens is 406 g/mol. The van der Waals surface area contributed by atoms with Crippen molar-refractivity contribution in [2.75, 3.05) is 38.6 Å². The summed E-state index contributed by atoms with van der Waals surface area (Å²) in [7, 11) is 1.52. The first-order chi connectivity index (χ1) is 15.6. The number of hydrogen-bond acceptors (Lipinski definition) is 5. The topological polar surface area (TPSA) is 88.5 Å². The van der Waals surface area contributed by atoms with Crippen molar-refractivity contribution in [2.24, 2.45) is 0 Å². The second kappa shape index (κ2) is 11.3. The number of amides is 2. The number of methoxy groups -OCH3 is 1. The van der Waals surface area contributed by atoms with E-state index in [0.717, 1.165) is 37.2 Å². The molecule has 2 aromatic carbocycles. The minimum Gasteiger partial charge on any atom is -0.496 e. The number of aromatic nitrogens is 2. The highest BCUT2D eigenvalue weighted by Gasteiger charge is 2.15. The molecule has 3 aromatic rings. The van der Waals surface area contributed by atoms with Gasteiger partial charge in [-0.1, -0.05) is 38.1 Å². The van der Waals surface area contributed by atoms with Crippen LogP contribution >= 0.6 is 0 Å². The van der Waals surface area contributed by atoms with E-state index in [1.165, 1.54) is 7.11 Å². The standard InChI is InChI=1S/C24H31N5O3/c1-4-28(5-2)16-17-29-20-12-8-7-11-19(20)26-24(29)27-22(30)14-15-25-23(31)18-10-6-9-13-21(18)32-3/h6-13H,4-5,14-17H2,1-3H3,(H,25,31)(H,26,27,30). The molecule has 2 N–H and O–H groups in total. The number of hydrogen-bond donors (Lipinski definition) is 2. The summed E-state index contributed by atoms with van der Waals surface area (Å²) in [4.78, 5) is 31.9. The number of nitrogens with one attached hydrogen (secondary N) is 2. The zero-order chi connectivity index (χ0) is 22.9. The number of rotatable bonds is 11. The van der Waals surface area contributed by atoms with E-state index in [0.29, 0.717) is 17.3 Å². The molecule has 8 nitrogen and oxygen atoms in total. The van der Waals surface area contributed by atoms with Gasteiger partial charge >= 0.3 is 0 Å². The number of anilines is 1. The lowest BCUT2D eigenvalue weighted by Crippen LogP contribution is -2.29. The normalized spacial score (nSPS) is 11.0. The van der Waals surface area contributed by atoms with Crippen molar-refractivity contribution < 1.29 is 14.3 Å². The van der Waals surface area contributed by atoms with Crippen LogP contribution in [0.15, 0.2) is 48.5 Å². The molecule has 0 radical (unpaired) electrons. The maximum absolute atomic E-state index is 12.6. The molecule has 170 valence electrons. The number of para-hydroxylation sites is 3. The van der Waals surface area contributed by atoms with Crippen LogP contribution in [0.2, 0.25) is 0 Å². The second-order valence-electron chi connectivity index (χ2n) is 7.36. The van der Waals surface area contributed by atoms with Gasteiger partial charge in [-0.15, -0.1) is 0 Å². The molecule has 0 unspecified atom stereocenters. The molecule has 0 aliphatic heterocycles. The third kappa shape index (κ3) is 5.64. The summed E-state index contributed by atoms with van der Waals surface area (Å²) in [6.07, 6.45) is 0.139. The van der Waals surface area contributed by atoms with Crippen molar-refractivity contribution in [1.29, 1.82) is 0 Å². The van der Waals surface area contributed by atoms with E-state index in [4.69, 9.17) is 4.74 Å². The van der Waals surface area contributed by atoms with E-state index in [-0.39, 0.29) is 24.8 Å². The highest BCUT2D eigenvalue weighted by atomic mass is 16.5. The fourth-order valence-corrected chi connectivity index (χ4v) is 3.58. The number of ether oxygens (including phenoxy) is 1. The molecule has 0 saturated carbocycles. The fraction of sp³-hybridized carbons (Fsp3) is 0.375. The van der Waals surface area contributed by atoms with Gasteiger partial charge in [-0.25, -0.2) is 4.98 Å². The minimum absolute atomic E-state index is 0.139. The highest BCUT2D eigenvalue weighted by Crippen LogP contribution is 2.20. The second-order valence-corrected chi connectivity index (χ2v) is 7.36. The number of fused-ring (bicyclic) bond motifs is 1. The summed E-state index contributed by atoms with van der Waals surface area (Å²) in [5.74, 6) is 0.544. The van der Waals surface area contributed by atoms with Crippen molar-refractivity contribution in [2.45, 2.75) is 26.8 Å². The molecule has 1 heterocycles. The monoisotopic (exact) mass is 437 g/mol. The maximum Gasteiger partial charge on any atom is 0.255 e. The van der Waals surface area contributed by atoms with Crippen molar-refractivity contribution in [3.8, 4) is 5.75 Å². The minimum atomic E-state index is -0.276. The fourth-order valence-electron chi connectivity index (χ4n) is 3.58. The Kier molecular flexibility index (Phi) is 8.21. The van der Waals surface area contributed by atoms with Crippen molar-refractivity contribution in [3.63, 3.8) is 0 Å². The van der Waals surface area contributed by atoms with Gasteiger partial charge in [0.1, 0.15) is 5.75 Å². The van der Waals surface area contributed by atoms with Crippen LogP contribution in [0.25, 0.3) is 11.0 Å². The number of benzene rings is 2. The van der Waals surface area contributed by atoms with Gasteiger partial charge in [-0.2, -0.15) is 0 Å². The van der Waals surface area contributed by atoms with Crippen LogP contribution in [-0.2, 0) is 11.3 Å². The summed E-state index contributed by atoms with van der Waals surface area (Å²) in [5, 5.41) is 5.69. The van der Waals surface area contributed by atoms with Gasteiger partial charge in [0, 0.05) is 26.1 Å². The Morgan fingerprint density at radius 3 is 2.53 bits per heavy atom. The lowest BCUT2D eigenvalue weighted by Gasteiger charge is -2.19. The zero-order valence-electron chi connectivity index (χ0n) is 18.9. The molecule has 0 bridgehead atoms. The molecule has 3 rings (SSSR count). The molecule has 0 fully saturated rings. The van der Waals surface area contributed by atoms with E-state index < -0.39 is 0 Å². The van der Waals surface area contributed by atoms with E-state index in [2.05, 4.69) is 34.4 Å². The van der Waals surface area contributed by atoms with Crippen LogP contribution in [0.5, 0.6) is 5.75 Å². The van der Waals surface area contributed by atoms with Gasteiger partial charge in [-0.3, -0.25) is 14.9 Å². The van der Waals surface area contributed by atoms with Gasteiger partial charge in [0.05, 0.1) is 23.7 Å². The van der Waals surface area contributed by atoms with E-state index in [9.17, 15) is 9.59 Å². The lowest BCUT2D eigenvalue weighted by atomic mass is 10.2. The van der Waals surface area contributed by atoms with E-state index >= 15 is 0 Å². The van der Waals surface area contributed by atoms with Crippen LogP contribution in [-0.4, -0.2) is 59.6 Å². The summed E-state index contributed by atoms with van der Waals surface area (Å²) < 4.78 is 7.26. The third-order valence-electron chi connectivity index (χ3n) is 5.43. The Balaban J connectivity index is 1.62. The van der Waals surface area contributed by atoms with Crippen molar-refractivity contribution in [3.05, 3.63) is 54.1 Å². The van der Waals surface area contributed by atoms with Gasteiger partial charge < -0.3 is 19.5 Å². The summed E-state index contributed by atoms with van der Waals surface area (Å²) in [6, 6.07) is 14.8. The number of likely N-dealkylation sites (N-methyl/N-ethyl adjacent to an activating group) is 1. The van der Waals surface area contributed by atoms with Crippen LogP contribution in [0.4, 0.5) is 5.95 Å². The Hall–Kier alpha value is -3.39. The van der Waals surface area contributed by atoms with E-state index in [1.807, 2.05) is 28.8 Å². The first-order valence-corrected chi connectivity index (χ1v) is 11.0. The number of imidazole rings is 1. The van der Waals surface area contributed by atoms with Crippen LogP contribution in [0, 0.1) is 0 Å². The maximum atomic E-state index is 12.6. The molecule has 0 aliphatic carbocycles. The summed E-state index contributed by atoms with van der Waals surface area (Å²) in [5.41, 5.74) is 2.26. The zero-order valence-corrected chi connectivity index (χ0v) is 18.9. The van der Waals surface area contributed by atoms with Gasteiger partial charge in [-0.05, 0) is 37.4 Å². The average Bonchev–Trinajstić information content (AvgIpc) is 3.16. The van der Waals surface area contributed by atoms with Crippen LogP contribution in [0.3, 0.4) is 0 Å². The lowest BCUT2D eigenvalue weighted by molar-refractivity contribution is -0.116. The van der Waals surface area contributed by atoms with Gasteiger partial charge in [0.2, 0.25) is 11.9 Å². The SMILES string of the molecule is CCN(CC)CCn1c(NC(=O)CCNC(=O)c2ccccc2OC)nc2ccccc21. The van der Waals surface area contributed by atoms with Gasteiger partial charge in [0.25, 0.3) is 5.91 Å². The molecule has 0 spiro atoms. The van der Waals surface area contributed by atoms with Crippen LogP contribution in [0.1, 0.15) is 30.6 Å². The first kappa shape index (κ1) is 23.3. The number of carbonyl (C=O) groups excluding carboxylic acids is 2. The van der Waals surface area contributed by atoms with E-state index in [1.54, 1.807) is 24.3 Å². The molecule has 2 amide bonds. The Labute approximate surface area is 188 Å². The number of carbonyl (C=O) groups is 2. The molecule has 0 atom stereocenters. The highest BCUT2D eigenvalue weighted by molar-refractivity contribution is 5.97. The molecule has 0 saturated heterocycles. The Bertz CT molecular complexity index is 1060. The molecular formula is C24H31N5O3. The molecule has 32 heavy (non-hydrogen) atoms. The smallest absolute Gasteiger partial charge is 0.255 e. The predicted molar refractivity (Wildman–Crippen MR) is 126 cm³/mol. The number of nitrogens with zero attached hydrogens (tertiary/aromatic N) is 3. The average molecular weight is 438 g/mol. The molecule has 1 aromatic heterocycles. The largest absolute Gasteiger partial charge is 0.496 e. The van der Waals surface area contributed by atoms with Crippen LogP contribution < -0.4 is 15.4 Å². The Morgan fingerprint density at radius 2 is 1.78 bits per heavy atom. The third-order valence-corrected chi connectivity index (χ3v) is 5.43. The predicted octanol–water partition coefficient (Wildman–Crippen LogP) is 3.15.